The maximum atomic E-state index is 13.3. The van der Waals surface area contributed by atoms with Crippen LogP contribution >= 0.6 is 0 Å². The zero-order valence-electron chi connectivity index (χ0n) is 20.2. The topological polar surface area (TPSA) is 122 Å². The van der Waals surface area contributed by atoms with E-state index in [1.165, 1.54) is 10.6 Å². The molecule has 0 bridgehead atoms. The summed E-state index contributed by atoms with van der Waals surface area (Å²) >= 11 is 0. The van der Waals surface area contributed by atoms with Crippen LogP contribution in [0.5, 0.6) is 0 Å². The van der Waals surface area contributed by atoms with Gasteiger partial charge in [0.25, 0.3) is 5.91 Å². The van der Waals surface area contributed by atoms with E-state index < -0.39 is 22.2 Å². The lowest BCUT2D eigenvalue weighted by Crippen LogP contribution is -2.33. The molecule has 2 heterocycles. The van der Waals surface area contributed by atoms with Crippen LogP contribution < -0.4 is 5.32 Å². The molecule has 4 rings (SSSR count). The van der Waals surface area contributed by atoms with Gasteiger partial charge in [-0.3, -0.25) is 9.36 Å². The fourth-order valence-corrected chi connectivity index (χ4v) is 5.40. The number of nitrogens with zero attached hydrogens (tertiary/aromatic N) is 3. The third-order valence-electron chi connectivity index (χ3n) is 5.35. The van der Waals surface area contributed by atoms with Gasteiger partial charge >= 0.3 is 12.1 Å². The summed E-state index contributed by atoms with van der Waals surface area (Å²) in [6.45, 7) is 6.27. The van der Waals surface area contributed by atoms with Crippen LogP contribution in [0.4, 0.5) is 18.9 Å². The van der Waals surface area contributed by atoms with Crippen molar-refractivity contribution in [1.82, 2.24) is 13.9 Å². The molecule has 0 aliphatic carbocycles. The Kier molecular flexibility index (Phi) is 8.08. The number of para-hydroxylation sites is 2. The molecule has 13 heteroatoms. The Morgan fingerprint density at radius 1 is 1.11 bits per heavy atom. The average molecular weight is 539 g/mol. The van der Waals surface area contributed by atoms with E-state index in [9.17, 15) is 26.4 Å². The maximum absolute atomic E-state index is 13.3. The van der Waals surface area contributed by atoms with Crippen molar-refractivity contribution in [3.63, 3.8) is 0 Å². The SMILES string of the molecule is Cc1ccccc1NC(=O)c1ncn2c1CN(CC(C)C)S(=O)(=O)c1ccccc1-2.O=C(O)C(F)(F)F. The number of carbonyl (C=O) groups is 2. The molecule has 3 aromatic rings. The number of carboxylic acid groups (broad SMARTS) is 1. The molecule has 1 aliphatic rings. The molecule has 0 atom stereocenters. The average Bonchev–Trinajstić information content (AvgIpc) is 3.20. The van der Waals surface area contributed by atoms with E-state index in [0.717, 1.165) is 5.56 Å². The minimum absolute atomic E-state index is 0.0751. The lowest BCUT2D eigenvalue weighted by molar-refractivity contribution is -0.192. The van der Waals surface area contributed by atoms with Gasteiger partial charge in [-0.15, -0.1) is 0 Å². The number of benzene rings is 2. The van der Waals surface area contributed by atoms with Crippen molar-refractivity contribution < 1.29 is 36.3 Å². The first-order valence-corrected chi connectivity index (χ1v) is 12.5. The van der Waals surface area contributed by atoms with E-state index in [1.54, 1.807) is 28.8 Å². The first kappa shape index (κ1) is 27.9. The molecule has 37 heavy (non-hydrogen) atoms. The monoisotopic (exact) mass is 538 g/mol. The summed E-state index contributed by atoms with van der Waals surface area (Å²) in [5.74, 6) is -2.99. The Bertz CT molecular complexity index is 1420. The quantitative estimate of drug-likeness (QED) is 0.513. The number of carboxylic acids is 1. The summed E-state index contributed by atoms with van der Waals surface area (Å²) in [6, 6.07) is 14.3. The van der Waals surface area contributed by atoms with E-state index in [4.69, 9.17) is 9.90 Å². The number of hydrogen-bond acceptors (Lipinski definition) is 5. The molecule has 1 amide bonds. The minimum Gasteiger partial charge on any atom is -0.475 e. The third-order valence-corrected chi connectivity index (χ3v) is 7.21. The molecule has 0 unspecified atom stereocenters. The predicted molar refractivity (Wildman–Crippen MR) is 129 cm³/mol. The lowest BCUT2D eigenvalue weighted by Gasteiger charge is -2.22. The van der Waals surface area contributed by atoms with Crippen molar-refractivity contribution in [3.8, 4) is 5.69 Å². The first-order chi connectivity index (χ1) is 17.2. The maximum Gasteiger partial charge on any atom is 0.490 e. The molecule has 0 spiro atoms. The molecule has 0 radical (unpaired) electrons. The van der Waals surface area contributed by atoms with Crippen molar-refractivity contribution in [1.29, 1.82) is 0 Å². The van der Waals surface area contributed by atoms with Crippen molar-refractivity contribution in [2.45, 2.75) is 38.4 Å². The number of aromatic nitrogens is 2. The number of imidazole rings is 1. The fourth-order valence-electron chi connectivity index (χ4n) is 3.65. The van der Waals surface area contributed by atoms with E-state index >= 15 is 0 Å². The second-order valence-electron chi connectivity index (χ2n) is 8.64. The summed E-state index contributed by atoms with van der Waals surface area (Å²) in [4.78, 5) is 26.5. The third kappa shape index (κ3) is 6.17. The number of aryl methyl sites for hydroxylation is 1. The van der Waals surface area contributed by atoms with E-state index in [2.05, 4.69) is 10.3 Å². The molecular formula is C24H25F3N4O5S. The zero-order chi connectivity index (χ0) is 27.5. The van der Waals surface area contributed by atoms with Crippen LogP contribution in [0.1, 0.15) is 35.6 Å². The molecule has 1 aliphatic heterocycles. The number of sulfonamides is 1. The fraction of sp³-hybridized carbons (Fsp3) is 0.292. The number of rotatable bonds is 4. The van der Waals surface area contributed by atoms with Gasteiger partial charge in [0.15, 0.2) is 5.69 Å². The van der Waals surface area contributed by atoms with Crippen LogP contribution in [0.3, 0.4) is 0 Å². The van der Waals surface area contributed by atoms with Crippen LogP contribution in [-0.2, 0) is 21.4 Å². The largest absolute Gasteiger partial charge is 0.490 e. The van der Waals surface area contributed by atoms with Crippen LogP contribution in [0, 0.1) is 12.8 Å². The Morgan fingerprint density at radius 2 is 1.70 bits per heavy atom. The highest BCUT2D eigenvalue weighted by molar-refractivity contribution is 7.89. The minimum atomic E-state index is -5.08. The molecule has 9 nitrogen and oxygen atoms in total. The van der Waals surface area contributed by atoms with Crippen LogP contribution in [-0.4, -0.2) is 52.0 Å². The van der Waals surface area contributed by atoms with Gasteiger partial charge in [0.2, 0.25) is 10.0 Å². The summed E-state index contributed by atoms with van der Waals surface area (Å²) in [7, 11) is -3.71. The lowest BCUT2D eigenvalue weighted by atomic mass is 10.2. The van der Waals surface area contributed by atoms with E-state index in [1.807, 2.05) is 45.0 Å². The summed E-state index contributed by atoms with van der Waals surface area (Å²) in [5, 5.41) is 10.0. The number of halogens is 3. The number of aliphatic carboxylic acids is 1. The van der Waals surface area contributed by atoms with Crippen LogP contribution in [0.15, 0.2) is 59.8 Å². The van der Waals surface area contributed by atoms with Crippen molar-refractivity contribution in [2.24, 2.45) is 5.92 Å². The summed E-state index contributed by atoms with van der Waals surface area (Å²) < 4.78 is 61.5. The molecule has 0 saturated heterocycles. The van der Waals surface area contributed by atoms with Crippen LogP contribution in [0.25, 0.3) is 5.69 Å². The Hall–Kier alpha value is -3.71. The van der Waals surface area contributed by atoms with Gasteiger partial charge in [0.1, 0.15) is 11.2 Å². The zero-order valence-corrected chi connectivity index (χ0v) is 21.0. The van der Waals surface area contributed by atoms with Gasteiger partial charge < -0.3 is 10.4 Å². The number of amides is 1. The van der Waals surface area contributed by atoms with E-state index in [0.29, 0.717) is 23.6 Å². The van der Waals surface area contributed by atoms with E-state index in [-0.39, 0.29) is 29.0 Å². The number of nitrogens with one attached hydrogen (secondary N) is 1. The standard InChI is InChI=1S/C22H24N4O3S.C2HF3O2/c1-15(2)12-25-13-19-21(22(27)24-17-9-5-4-8-16(17)3)23-14-26(19)18-10-6-7-11-20(18)30(25,28)29;3-2(4,5)1(6)7/h4-11,14-15H,12-13H2,1-3H3,(H,24,27);(H,6,7). The van der Waals surface area contributed by atoms with Gasteiger partial charge in [-0.05, 0) is 36.6 Å². The van der Waals surface area contributed by atoms with Gasteiger partial charge in [-0.1, -0.05) is 44.2 Å². The second-order valence-corrected chi connectivity index (χ2v) is 10.5. The van der Waals surface area contributed by atoms with Gasteiger partial charge in [0, 0.05) is 12.2 Å². The predicted octanol–water partition coefficient (Wildman–Crippen LogP) is 4.23. The highest BCUT2D eigenvalue weighted by atomic mass is 32.2. The van der Waals surface area contributed by atoms with Gasteiger partial charge in [-0.2, -0.15) is 17.5 Å². The number of alkyl halides is 3. The van der Waals surface area contributed by atoms with Crippen LogP contribution in [0.2, 0.25) is 0 Å². The molecule has 198 valence electrons. The number of hydrogen-bond donors (Lipinski definition) is 2. The van der Waals surface area contributed by atoms with Crippen molar-refractivity contribution in [3.05, 3.63) is 71.8 Å². The Morgan fingerprint density at radius 3 is 2.30 bits per heavy atom. The molecule has 0 fully saturated rings. The Balaban J connectivity index is 0.000000479. The normalized spacial score (nSPS) is 14.6. The first-order valence-electron chi connectivity index (χ1n) is 11.1. The Labute approximate surface area is 211 Å². The molecule has 1 aromatic heterocycles. The van der Waals surface area contributed by atoms with Crippen molar-refractivity contribution in [2.75, 3.05) is 11.9 Å². The smallest absolute Gasteiger partial charge is 0.475 e. The second kappa shape index (κ2) is 10.7. The summed E-state index contributed by atoms with van der Waals surface area (Å²) in [6.07, 6.45) is -3.56. The van der Waals surface area contributed by atoms with Gasteiger partial charge in [-0.25, -0.2) is 18.2 Å². The molecular weight excluding hydrogens is 513 g/mol. The molecule has 2 N–H and O–H groups in total. The number of anilines is 1. The van der Waals surface area contributed by atoms with Gasteiger partial charge in [0.05, 0.1) is 17.9 Å². The van der Waals surface area contributed by atoms with Crippen molar-refractivity contribution >= 4 is 27.6 Å². The summed E-state index contributed by atoms with van der Waals surface area (Å²) in [5.41, 5.74) is 2.91. The molecule has 0 saturated carbocycles. The number of carbonyl (C=O) groups excluding carboxylic acids is 1. The highest BCUT2D eigenvalue weighted by Gasteiger charge is 2.38. The highest BCUT2D eigenvalue weighted by Crippen LogP contribution is 2.32. The number of fused-ring (bicyclic) bond motifs is 3. The molecule has 2 aromatic carbocycles.